The number of carboxylic acids is 1. The van der Waals surface area contributed by atoms with E-state index in [0.717, 1.165) is 16.9 Å². The average molecular weight is 279 g/mol. The van der Waals surface area contributed by atoms with Gasteiger partial charge in [-0.3, -0.25) is 9.59 Å². The van der Waals surface area contributed by atoms with Crippen molar-refractivity contribution in [3.63, 3.8) is 0 Å². The van der Waals surface area contributed by atoms with Crippen molar-refractivity contribution >= 4 is 11.9 Å². The van der Waals surface area contributed by atoms with E-state index in [-0.39, 0.29) is 18.7 Å². The first kappa shape index (κ1) is 16.0. The predicted octanol–water partition coefficient (Wildman–Crippen LogP) is 1.92. The Labute approximate surface area is 118 Å². The fourth-order valence-corrected chi connectivity index (χ4v) is 2.00. The summed E-state index contributed by atoms with van der Waals surface area (Å²) in [6, 6.07) is 5.57. The van der Waals surface area contributed by atoms with Gasteiger partial charge in [0.25, 0.3) is 0 Å². The van der Waals surface area contributed by atoms with Gasteiger partial charge in [0.05, 0.1) is 20.0 Å². The summed E-state index contributed by atoms with van der Waals surface area (Å²) in [5.41, 5.74) is 1.07. The van der Waals surface area contributed by atoms with E-state index < -0.39 is 11.5 Å². The Morgan fingerprint density at radius 1 is 1.35 bits per heavy atom. The highest BCUT2D eigenvalue weighted by Crippen LogP contribution is 2.19. The van der Waals surface area contributed by atoms with Crippen LogP contribution in [0, 0.1) is 6.92 Å². The topological polar surface area (TPSA) is 75.6 Å². The van der Waals surface area contributed by atoms with E-state index in [2.05, 4.69) is 5.32 Å². The van der Waals surface area contributed by atoms with Crippen molar-refractivity contribution in [2.75, 3.05) is 7.11 Å². The highest BCUT2D eigenvalue weighted by molar-refractivity contribution is 5.80. The van der Waals surface area contributed by atoms with Crippen LogP contribution in [0.1, 0.15) is 31.4 Å². The molecule has 2 N–H and O–H groups in total. The number of aryl methyl sites for hydroxylation is 1. The number of hydrogen-bond donors (Lipinski definition) is 2. The zero-order valence-electron chi connectivity index (χ0n) is 12.3. The molecule has 20 heavy (non-hydrogen) atoms. The number of benzene rings is 1. The Kier molecular flexibility index (Phi) is 5.13. The summed E-state index contributed by atoms with van der Waals surface area (Å²) in [6.45, 7) is 5.31. The Balaban J connectivity index is 2.69. The third kappa shape index (κ3) is 4.91. The molecular weight excluding hydrogens is 258 g/mol. The maximum Gasteiger partial charge on any atom is 0.305 e. The van der Waals surface area contributed by atoms with Crippen molar-refractivity contribution in [3.8, 4) is 5.75 Å². The van der Waals surface area contributed by atoms with Gasteiger partial charge in [-0.15, -0.1) is 0 Å². The van der Waals surface area contributed by atoms with Gasteiger partial charge < -0.3 is 15.2 Å². The highest BCUT2D eigenvalue weighted by atomic mass is 16.5. The van der Waals surface area contributed by atoms with Crippen LogP contribution in [0.3, 0.4) is 0 Å². The zero-order valence-corrected chi connectivity index (χ0v) is 12.3. The Morgan fingerprint density at radius 3 is 2.55 bits per heavy atom. The maximum atomic E-state index is 11.9. The largest absolute Gasteiger partial charge is 0.496 e. The van der Waals surface area contributed by atoms with Crippen molar-refractivity contribution in [2.45, 2.75) is 39.2 Å². The summed E-state index contributed by atoms with van der Waals surface area (Å²) < 4.78 is 5.21. The normalized spacial score (nSPS) is 11.0. The smallest absolute Gasteiger partial charge is 0.305 e. The van der Waals surface area contributed by atoms with Crippen LogP contribution in [-0.4, -0.2) is 29.6 Å². The van der Waals surface area contributed by atoms with Crippen LogP contribution in [0.2, 0.25) is 0 Å². The third-order valence-corrected chi connectivity index (χ3v) is 2.91. The van der Waals surface area contributed by atoms with Gasteiger partial charge in [-0.1, -0.05) is 12.1 Å². The van der Waals surface area contributed by atoms with Crippen LogP contribution in [0.4, 0.5) is 0 Å². The first-order chi connectivity index (χ1) is 9.23. The number of carbonyl (C=O) groups is 2. The van der Waals surface area contributed by atoms with Gasteiger partial charge in [-0.05, 0) is 38.0 Å². The Hall–Kier alpha value is -2.04. The first-order valence-electron chi connectivity index (χ1n) is 6.40. The molecule has 5 heteroatoms. The molecule has 0 saturated heterocycles. The molecule has 0 aromatic heterocycles. The summed E-state index contributed by atoms with van der Waals surface area (Å²) in [4.78, 5) is 22.7. The summed E-state index contributed by atoms with van der Waals surface area (Å²) in [6.07, 6.45) is 0.0790. The number of amides is 1. The van der Waals surface area contributed by atoms with Gasteiger partial charge in [-0.2, -0.15) is 0 Å². The summed E-state index contributed by atoms with van der Waals surface area (Å²) in [7, 11) is 1.59. The fourth-order valence-electron chi connectivity index (χ4n) is 2.00. The molecule has 0 heterocycles. The highest BCUT2D eigenvalue weighted by Gasteiger charge is 2.23. The minimum absolute atomic E-state index is 0.115. The minimum atomic E-state index is -0.938. The van der Waals surface area contributed by atoms with Crippen molar-refractivity contribution in [3.05, 3.63) is 29.3 Å². The number of ether oxygens (including phenoxy) is 1. The molecule has 0 radical (unpaired) electrons. The molecule has 1 aromatic carbocycles. The number of rotatable bonds is 6. The standard InChI is InChI=1S/C15H21NO4/c1-10-5-6-11(7-12(10)20-4)8-13(17)16-15(2,3)9-14(18)19/h5-7H,8-9H2,1-4H3,(H,16,17)(H,18,19). The van der Waals surface area contributed by atoms with Crippen LogP contribution in [0.25, 0.3) is 0 Å². The number of carbonyl (C=O) groups excluding carboxylic acids is 1. The molecule has 1 amide bonds. The lowest BCUT2D eigenvalue weighted by molar-refractivity contribution is -0.138. The van der Waals surface area contributed by atoms with E-state index in [9.17, 15) is 9.59 Å². The molecule has 1 rings (SSSR count). The second-order valence-corrected chi connectivity index (χ2v) is 5.48. The van der Waals surface area contributed by atoms with Gasteiger partial charge in [0, 0.05) is 5.54 Å². The monoisotopic (exact) mass is 279 g/mol. The van der Waals surface area contributed by atoms with Crippen molar-refractivity contribution in [2.24, 2.45) is 0 Å². The predicted molar refractivity (Wildman–Crippen MR) is 75.9 cm³/mol. The first-order valence-corrected chi connectivity index (χ1v) is 6.40. The molecule has 0 bridgehead atoms. The average Bonchev–Trinajstić information content (AvgIpc) is 2.28. The van der Waals surface area contributed by atoms with Gasteiger partial charge in [0.15, 0.2) is 0 Å². The van der Waals surface area contributed by atoms with E-state index >= 15 is 0 Å². The lowest BCUT2D eigenvalue weighted by Gasteiger charge is -2.24. The van der Waals surface area contributed by atoms with E-state index in [1.165, 1.54) is 0 Å². The van der Waals surface area contributed by atoms with Crippen molar-refractivity contribution in [1.82, 2.24) is 5.32 Å². The number of aliphatic carboxylic acids is 1. The molecule has 0 aliphatic rings. The molecule has 0 unspecified atom stereocenters. The van der Waals surface area contributed by atoms with Gasteiger partial charge in [0.1, 0.15) is 5.75 Å². The van der Waals surface area contributed by atoms with E-state index in [0.29, 0.717) is 0 Å². The van der Waals surface area contributed by atoms with Crippen molar-refractivity contribution in [1.29, 1.82) is 0 Å². The van der Waals surface area contributed by atoms with Crippen LogP contribution in [0.15, 0.2) is 18.2 Å². The zero-order chi connectivity index (χ0) is 15.3. The quantitative estimate of drug-likeness (QED) is 0.834. The third-order valence-electron chi connectivity index (χ3n) is 2.91. The second-order valence-electron chi connectivity index (χ2n) is 5.48. The van der Waals surface area contributed by atoms with E-state index in [1.807, 2.05) is 25.1 Å². The van der Waals surface area contributed by atoms with Crippen LogP contribution >= 0.6 is 0 Å². The molecule has 0 fully saturated rings. The SMILES string of the molecule is COc1cc(CC(=O)NC(C)(C)CC(=O)O)ccc1C. The molecule has 0 aliphatic carbocycles. The van der Waals surface area contributed by atoms with Gasteiger partial charge >= 0.3 is 5.97 Å². The molecule has 0 atom stereocenters. The number of nitrogens with one attached hydrogen (secondary N) is 1. The Morgan fingerprint density at radius 2 is 2.00 bits per heavy atom. The molecule has 0 saturated carbocycles. The lowest BCUT2D eigenvalue weighted by atomic mass is 10.00. The number of methoxy groups -OCH3 is 1. The molecule has 110 valence electrons. The van der Waals surface area contributed by atoms with Crippen LogP contribution < -0.4 is 10.1 Å². The maximum absolute atomic E-state index is 11.9. The van der Waals surface area contributed by atoms with Gasteiger partial charge in [-0.25, -0.2) is 0 Å². The molecule has 0 aliphatic heterocycles. The second kappa shape index (κ2) is 6.41. The van der Waals surface area contributed by atoms with E-state index in [1.54, 1.807) is 21.0 Å². The van der Waals surface area contributed by atoms with Crippen molar-refractivity contribution < 1.29 is 19.4 Å². The summed E-state index contributed by atoms with van der Waals surface area (Å²) in [5.74, 6) is -0.408. The molecule has 5 nitrogen and oxygen atoms in total. The summed E-state index contributed by atoms with van der Waals surface area (Å²) >= 11 is 0. The van der Waals surface area contributed by atoms with E-state index in [4.69, 9.17) is 9.84 Å². The molecule has 0 spiro atoms. The van der Waals surface area contributed by atoms with Crippen LogP contribution in [0.5, 0.6) is 5.75 Å². The lowest BCUT2D eigenvalue weighted by Crippen LogP contribution is -2.45. The fraction of sp³-hybridized carbons (Fsp3) is 0.467. The minimum Gasteiger partial charge on any atom is -0.496 e. The van der Waals surface area contributed by atoms with Gasteiger partial charge in [0.2, 0.25) is 5.91 Å². The number of carboxylic acid groups (broad SMARTS) is 1. The summed E-state index contributed by atoms with van der Waals surface area (Å²) in [5, 5.41) is 11.5. The van der Waals surface area contributed by atoms with Crippen LogP contribution in [-0.2, 0) is 16.0 Å². The number of hydrogen-bond acceptors (Lipinski definition) is 3. The molecule has 1 aromatic rings. The Bertz CT molecular complexity index is 509. The molecular formula is C15H21NO4.